The fraction of sp³-hybridized carbons (Fsp3) is 0. The zero-order valence-corrected chi connectivity index (χ0v) is 13.5. The summed E-state index contributed by atoms with van der Waals surface area (Å²) in [5, 5.41) is 13.7. The Kier molecular flexibility index (Phi) is 2.37. The topological polar surface area (TPSA) is 17.3 Å². The predicted octanol–water partition coefficient (Wildman–Crippen LogP) is 5.95. The Balaban J connectivity index is 2.02. The van der Waals surface area contributed by atoms with Crippen LogP contribution in [0.2, 0.25) is 0 Å². The number of rotatable bonds is 0. The lowest BCUT2D eigenvalue weighted by atomic mass is 9.97. The van der Waals surface area contributed by atoms with Gasteiger partial charge in [-0.15, -0.1) is 0 Å². The summed E-state index contributed by atoms with van der Waals surface area (Å²) < 4.78 is 2.02. The lowest BCUT2D eigenvalue weighted by molar-refractivity contribution is 0.988. The highest BCUT2D eigenvalue weighted by Gasteiger charge is 2.13. The molecule has 4 aromatic carbocycles. The van der Waals surface area contributed by atoms with E-state index < -0.39 is 0 Å². The Morgan fingerprint density at radius 3 is 2.12 bits per heavy atom. The largest absolute Gasteiger partial charge is 0.239 e. The predicted molar refractivity (Wildman–Crippen MR) is 105 cm³/mol. The standard InChI is InChI=1S/C23H14N2/c1-3-7-18-15(5-1)9-10-17-11-12-20-22(21(17)18)23-19-8-4-2-6-16(19)13-14-25(23)24-20/h1-14H. The molecule has 116 valence electrons. The molecule has 6 aromatic rings. The molecule has 0 atom stereocenters. The highest BCUT2D eigenvalue weighted by Crippen LogP contribution is 2.36. The third-order valence-corrected chi connectivity index (χ3v) is 5.18. The molecule has 2 heterocycles. The number of aromatic nitrogens is 2. The molecule has 0 aliphatic carbocycles. The fourth-order valence-corrected chi connectivity index (χ4v) is 4.06. The summed E-state index contributed by atoms with van der Waals surface area (Å²) in [7, 11) is 0. The molecule has 0 spiro atoms. The Labute approximate surface area is 143 Å². The zero-order valence-electron chi connectivity index (χ0n) is 13.5. The van der Waals surface area contributed by atoms with Gasteiger partial charge in [0, 0.05) is 22.4 Å². The van der Waals surface area contributed by atoms with Crippen molar-refractivity contribution in [3.8, 4) is 0 Å². The van der Waals surface area contributed by atoms with Crippen molar-refractivity contribution < 1.29 is 0 Å². The van der Waals surface area contributed by atoms with Gasteiger partial charge in [-0.3, -0.25) is 0 Å². The van der Waals surface area contributed by atoms with Crippen LogP contribution in [0.5, 0.6) is 0 Å². The first-order valence-electron chi connectivity index (χ1n) is 8.50. The van der Waals surface area contributed by atoms with E-state index in [1.54, 1.807) is 0 Å². The van der Waals surface area contributed by atoms with Gasteiger partial charge in [-0.05, 0) is 33.7 Å². The van der Waals surface area contributed by atoms with Crippen molar-refractivity contribution in [1.29, 1.82) is 0 Å². The Morgan fingerprint density at radius 1 is 0.560 bits per heavy atom. The molecular formula is C23H14N2. The van der Waals surface area contributed by atoms with Crippen LogP contribution in [0.3, 0.4) is 0 Å². The molecule has 0 aliphatic rings. The van der Waals surface area contributed by atoms with Gasteiger partial charge < -0.3 is 0 Å². The number of pyridine rings is 1. The molecule has 0 aliphatic heterocycles. The van der Waals surface area contributed by atoms with Crippen molar-refractivity contribution >= 4 is 48.7 Å². The number of fused-ring (bicyclic) bond motifs is 9. The van der Waals surface area contributed by atoms with Crippen LogP contribution < -0.4 is 0 Å². The average molecular weight is 318 g/mol. The molecule has 25 heavy (non-hydrogen) atoms. The molecule has 0 radical (unpaired) electrons. The monoisotopic (exact) mass is 318 g/mol. The Morgan fingerprint density at radius 2 is 1.24 bits per heavy atom. The molecule has 0 saturated carbocycles. The maximum absolute atomic E-state index is 4.84. The van der Waals surface area contributed by atoms with Gasteiger partial charge in [0.15, 0.2) is 0 Å². The molecule has 0 saturated heterocycles. The van der Waals surface area contributed by atoms with E-state index in [9.17, 15) is 0 Å². The minimum atomic E-state index is 1.04. The number of hydrogen-bond donors (Lipinski definition) is 0. The SMILES string of the molecule is c1ccc2c(c1)ccc1ccc3nn4ccc5ccccc5c4c3c12. The second-order valence-corrected chi connectivity index (χ2v) is 6.54. The molecular weight excluding hydrogens is 304 g/mol. The smallest absolute Gasteiger partial charge is 0.0940 e. The Hall–Kier alpha value is -3.39. The second-order valence-electron chi connectivity index (χ2n) is 6.54. The summed E-state index contributed by atoms with van der Waals surface area (Å²) in [4.78, 5) is 0. The molecule has 2 aromatic heterocycles. The first kappa shape index (κ1) is 13.0. The van der Waals surface area contributed by atoms with Crippen LogP contribution in [0.4, 0.5) is 0 Å². The third-order valence-electron chi connectivity index (χ3n) is 5.18. The van der Waals surface area contributed by atoms with Gasteiger partial charge in [-0.25, -0.2) is 4.52 Å². The van der Waals surface area contributed by atoms with Gasteiger partial charge in [-0.1, -0.05) is 66.7 Å². The van der Waals surface area contributed by atoms with Crippen molar-refractivity contribution in [3.05, 3.63) is 85.1 Å². The van der Waals surface area contributed by atoms with Gasteiger partial charge >= 0.3 is 0 Å². The average Bonchev–Trinajstić information content (AvgIpc) is 3.07. The van der Waals surface area contributed by atoms with Crippen LogP contribution in [0.1, 0.15) is 0 Å². The summed E-state index contributed by atoms with van der Waals surface area (Å²) in [6, 6.07) is 28.0. The summed E-state index contributed by atoms with van der Waals surface area (Å²) in [6.07, 6.45) is 2.06. The van der Waals surface area contributed by atoms with Crippen molar-refractivity contribution in [2.24, 2.45) is 0 Å². The normalized spacial score (nSPS) is 12.0. The molecule has 6 rings (SSSR count). The lowest BCUT2D eigenvalue weighted by Crippen LogP contribution is -1.86. The van der Waals surface area contributed by atoms with Crippen molar-refractivity contribution in [3.63, 3.8) is 0 Å². The van der Waals surface area contributed by atoms with Crippen LogP contribution in [-0.2, 0) is 0 Å². The molecule has 0 amide bonds. The molecule has 0 bridgehead atoms. The fourth-order valence-electron chi connectivity index (χ4n) is 4.06. The minimum Gasteiger partial charge on any atom is -0.239 e. The van der Waals surface area contributed by atoms with Gasteiger partial charge in [0.1, 0.15) is 0 Å². The summed E-state index contributed by atoms with van der Waals surface area (Å²) in [5.41, 5.74) is 2.23. The van der Waals surface area contributed by atoms with Gasteiger partial charge in [0.2, 0.25) is 0 Å². The highest BCUT2D eigenvalue weighted by atomic mass is 15.2. The maximum Gasteiger partial charge on any atom is 0.0940 e. The van der Waals surface area contributed by atoms with E-state index in [4.69, 9.17) is 5.10 Å². The van der Waals surface area contributed by atoms with E-state index >= 15 is 0 Å². The molecule has 2 heteroatoms. The summed E-state index contributed by atoms with van der Waals surface area (Å²) >= 11 is 0. The van der Waals surface area contributed by atoms with Gasteiger partial charge in [0.25, 0.3) is 0 Å². The quantitative estimate of drug-likeness (QED) is 0.316. The second kappa shape index (κ2) is 4.58. The van der Waals surface area contributed by atoms with E-state index in [0.29, 0.717) is 0 Å². The third kappa shape index (κ3) is 1.66. The molecule has 2 nitrogen and oxygen atoms in total. The van der Waals surface area contributed by atoms with Crippen LogP contribution >= 0.6 is 0 Å². The van der Waals surface area contributed by atoms with Crippen LogP contribution in [0.15, 0.2) is 85.1 Å². The highest BCUT2D eigenvalue weighted by molar-refractivity contribution is 6.27. The molecule has 0 fully saturated rings. The van der Waals surface area contributed by atoms with Crippen molar-refractivity contribution in [2.75, 3.05) is 0 Å². The molecule has 0 N–H and O–H groups in total. The maximum atomic E-state index is 4.84. The van der Waals surface area contributed by atoms with E-state index in [1.807, 2.05) is 4.52 Å². The van der Waals surface area contributed by atoms with E-state index in [1.165, 1.54) is 43.2 Å². The Bertz CT molecular complexity index is 1430. The van der Waals surface area contributed by atoms with Crippen molar-refractivity contribution in [2.45, 2.75) is 0 Å². The number of hydrogen-bond acceptors (Lipinski definition) is 1. The summed E-state index contributed by atoms with van der Waals surface area (Å²) in [5.74, 6) is 0. The number of nitrogens with zero attached hydrogens (tertiary/aromatic N) is 2. The first-order valence-corrected chi connectivity index (χ1v) is 8.50. The van der Waals surface area contributed by atoms with Gasteiger partial charge in [0.05, 0.1) is 11.0 Å². The van der Waals surface area contributed by atoms with E-state index in [0.717, 1.165) is 5.52 Å². The lowest BCUT2D eigenvalue weighted by Gasteiger charge is -2.06. The van der Waals surface area contributed by atoms with E-state index in [-0.39, 0.29) is 0 Å². The van der Waals surface area contributed by atoms with Gasteiger partial charge in [-0.2, -0.15) is 5.10 Å². The van der Waals surface area contributed by atoms with Crippen LogP contribution in [-0.4, -0.2) is 9.61 Å². The van der Waals surface area contributed by atoms with Crippen LogP contribution in [0.25, 0.3) is 48.7 Å². The van der Waals surface area contributed by atoms with E-state index in [2.05, 4.69) is 85.1 Å². The van der Waals surface area contributed by atoms with Crippen molar-refractivity contribution in [1.82, 2.24) is 9.61 Å². The summed E-state index contributed by atoms with van der Waals surface area (Å²) in [6.45, 7) is 0. The number of benzene rings is 4. The molecule has 0 unspecified atom stereocenters. The first-order chi connectivity index (χ1) is 12.4. The minimum absolute atomic E-state index is 1.04. The van der Waals surface area contributed by atoms with Crippen LogP contribution in [0, 0.1) is 0 Å². The zero-order chi connectivity index (χ0) is 16.4.